The van der Waals surface area contributed by atoms with Crippen molar-refractivity contribution in [2.45, 2.75) is 26.4 Å². The van der Waals surface area contributed by atoms with E-state index in [1.165, 1.54) is 12.3 Å². The molecule has 0 bridgehead atoms. The van der Waals surface area contributed by atoms with E-state index in [2.05, 4.69) is 10.2 Å². The highest BCUT2D eigenvalue weighted by molar-refractivity contribution is 5.81. The van der Waals surface area contributed by atoms with Crippen molar-refractivity contribution in [2.75, 3.05) is 31.1 Å². The second-order valence-corrected chi connectivity index (χ2v) is 7.52. The van der Waals surface area contributed by atoms with E-state index in [4.69, 9.17) is 4.74 Å². The number of nitro benzene ring substituents is 1. The predicted octanol–water partition coefficient (Wildman–Crippen LogP) is 3.18. The number of ether oxygens (including phenoxy) is 1. The van der Waals surface area contributed by atoms with E-state index in [9.17, 15) is 19.3 Å². The Kier molecular flexibility index (Phi) is 5.21. The molecule has 0 atom stereocenters. The average molecular weight is 391 g/mol. The van der Waals surface area contributed by atoms with Crippen molar-refractivity contribution in [3.8, 4) is 11.1 Å². The molecule has 9 nitrogen and oxygen atoms in total. The lowest BCUT2D eigenvalue weighted by Crippen LogP contribution is -2.50. The first-order valence-corrected chi connectivity index (χ1v) is 8.85. The van der Waals surface area contributed by atoms with Crippen molar-refractivity contribution in [2.24, 2.45) is 0 Å². The number of carbonyl (C=O) groups is 1. The molecule has 28 heavy (non-hydrogen) atoms. The molecule has 2 aromatic rings. The van der Waals surface area contributed by atoms with Crippen LogP contribution in [0.2, 0.25) is 0 Å². The molecule has 0 unspecified atom stereocenters. The van der Waals surface area contributed by atoms with Gasteiger partial charge in [0.15, 0.2) is 5.82 Å². The molecule has 1 fully saturated rings. The van der Waals surface area contributed by atoms with Gasteiger partial charge in [-0.1, -0.05) is 0 Å². The number of piperazine rings is 1. The maximum absolute atomic E-state index is 14.8. The van der Waals surface area contributed by atoms with E-state index >= 15 is 0 Å². The Morgan fingerprint density at radius 2 is 1.96 bits per heavy atom. The fourth-order valence-corrected chi connectivity index (χ4v) is 3.07. The zero-order chi connectivity index (χ0) is 20.5. The number of amides is 1. The summed E-state index contributed by atoms with van der Waals surface area (Å²) >= 11 is 0. The molecule has 3 rings (SSSR count). The molecule has 0 saturated carbocycles. The lowest BCUT2D eigenvalue weighted by atomic mass is 10.0. The fourth-order valence-electron chi connectivity index (χ4n) is 3.07. The van der Waals surface area contributed by atoms with Gasteiger partial charge in [0, 0.05) is 49.6 Å². The maximum atomic E-state index is 14.8. The van der Waals surface area contributed by atoms with Crippen LogP contribution in [0.3, 0.4) is 0 Å². The number of aromatic nitrogens is 2. The number of aromatic amines is 1. The maximum Gasteiger partial charge on any atom is 0.410 e. The number of hydrogen-bond acceptors (Lipinski definition) is 6. The van der Waals surface area contributed by atoms with Crippen LogP contribution in [-0.2, 0) is 4.74 Å². The van der Waals surface area contributed by atoms with Gasteiger partial charge in [0.05, 0.1) is 22.9 Å². The number of carbonyl (C=O) groups excluding carboxylic acids is 1. The van der Waals surface area contributed by atoms with Crippen LogP contribution >= 0.6 is 0 Å². The third-order valence-corrected chi connectivity index (χ3v) is 4.32. The number of halogens is 1. The van der Waals surface area contributed by atoms with Crippen LogP contribution in [0, 0.1) is 15.9 Å². The van der Waals surface area contributed by atoms with Crippen LogP contribution in [-0.4, -0.2) is 57.9 Å². The van der Waals surface area contributed by atoms with Crippen molar-refractivity contribution in [1.82, 2.24) is 15.1 Å². The van der Waals surface area contributed by atoms with Gasteiger partial charge in [0.25, 0.3) is 5.69 Å². The van der Waals surface area contributed by atoms with Crippen LogP contribution in [0.25, 0.3) is 11.1 Å². The largest absolute Gasteiger partial charge is 0.444 e. The van der Waals surface area contributed by atoms with Gasteiger partial charge in [-0.3, -0.25) is 15.2 Å². The van der Waals surface area contributed by atoms with E-state index in [0.717, 1.165) is 6.07 Å². The Balaban J connectivity index is 1.85. The van der Waals surface area contributed by atoms with Crippen molar-refractivity contribution in [3.05, 3.63) is 40.5 Å². The lowest BCUT2D eigenvalue weighted by Gasteiger charge is -2.37. The molecular weight excluding hydrogens is 369 g/mol. The van der Waals surface area contributed by atoms with Crippen LogP contribution < -0.4 is 4.90 Å². The van der Waals surface area contributed by atoms with Gasteiger partial charge in [-0.25, -0.2) is 9.18 Å². The van der Waals surface area contributed by atoms with E-state index in [1.54, 1.807) is 36.8 Å². The minimum atomic E-state index is -0.684. The molecule has 1 amide bonds. The second kappa shape index (κ2) is 7.45. The summed E-state index contributed by atoms with van der Waals surface area (Å²) in [5.41, 5.74) is 0.270. The number of hydrogen-bond donors (Lipinski definition) is 1. The number of nitrogens with one attached hydrogen (secondary N) is 1. The predicted molar refractivity (Wildman–Crippen MR) is 101 cm³/mol. The third kappa shape index (κ3) is 4.21. The van der Waals surface area contributed by atoms with E-state index in [1.807, 2.05) is 0 Å². The van der Waals surface area contributed by atoms with Crippen LogP contribution in [0.15, 0.2) is 24.5 Å². The van der Waals surface area contributed by atoms with Gasteiger partial charge in [-0.2, -0.15) is 5.10 Å². The average Bonchev–Trinajstić information content (AvgIpc) is 3.14. The summed E-state index contributed by atoms with van der Waals surface area (Å²) < 4.78 is 20.2. The zero-order valence-electron chi connectivity index (χ0n) is 15.9. The summed E-state index contributed by atoms with van der Waals surface area (Å²) in [5.74, 6) is -0.684. The molecular formula is C18H22FN5O4. The van der Waals surface area contributed by atoms with Crippen molar-refractivity contribution >= 4 is 17.5 Å². The molecule has 1 aromatic heterocycles. The number of non-ortho nitro benzene ring substituents is 1. The molecule has 1 aromatic carbocycles. The first-order chi connectivity index (χ1) is 13.2. The number of rotatable bonds is 3. The topological polar surface area (TPSA) is 105 Å². The smallest absolute Gasteiger partial charge is 0.410 e. The molecule has 1 saturated heterocycles. The standard InChI is InChI=1S/C18H22FN5O4/c1-18(2,3)28-17(25)23-6-4-22(5-7-23)16-14(12-10-20-21-11-12)8-13(24(26)27)9-15(16)19/h8-11H,4-7H2,1-3H3,(H,20,21). The van der Waals surface area contributed by atoms with E-state index < -0.39 is 22.4 Å². The van der Waals surface area contributed by atoms with Crippen molar-refractivity contribution < 1.29 is 18.8 Å². The molecule has 150 valence electrons. The second-order valence-electron chi connectivity index (χ2n) is 7.52. The Labute approximate surface area is 161 Å². The van der Waals surface area contributed by atoms with Crippen LogP contribution in [0.5, 0.6) is 0 Å². The summed E-state index contributed by atoms with van der Waals surface area (Å²) in [6, 6.07) is 2.25. The third-order valence-electron chi connectivity index (χ3n) is 4.32. The normalized spacial score (nSPS) is 14.9. The summed E-state index contributed by atoms with van der Waals surface area (Å²) in [5, 5.41) is 17.6. The van der Waals surface area contributed by atoms with Crippen molar-refractivity contribution in [3.63, 3.8) is 0 Å². The summed E-state index contributed by atoms with van der Waals surface area (Å²) in [6.07, 6.45) is 2.63. The molecule has 1 N–H and O–H groups in total. The number of H-pyrrole nitrogens is 1. The highest BCUT2D eigenvalue weighted by Crippen LogP contribution is 2.37. The van der Waals surface area contributed by atoms with E-state index in [0.29, 0.717) is 37.3 Å². The highest BCUT2D eigenvalue weighted by Gasteiger charge is 2.29. The van der Waals surface area contributed by atoms with Gasteiger partial charge in [0.2, 0.25) is 0 Å². The Bertz CT molecular complexity index is 871. The minimum Gasteiger partial charge on any atom is -0.444 e. The molecule has 10 heteroatoms. The molecule has 1 aliphatic rings. The monoisotopic (exact) mass is 391 g/mol. The van der Waals surface area contributed by atoms with Gasteiger partial charge < -0.3 is 14.5 Å². The first kappa shape index (κ1) is 19.6. The SMILES string of the molecule is CC(C)(C)OC(=O)N1CCN(c2c(F)cc([N+](=O)[O-])cc2-c2cn[nH]c2)CC1. The summed E-state index contributed by atoms with van der Waals surface area (Å²) in [6.45, 7) is 6.85. The van der Waals surface area contributed by atoms with Crippen molar-refractivity contribution in [1.29, 1.82) is 0 Å². The van der Waals surface area contributed by atoms with Gasteiger partial charge >= 0.3 is 6.09 Å². The van der Waals surface area contributed by atoms with Crippen LogP contribution in [0.1, 0.15) is 20.8 Å². The quantitative estimate of drug-likeness (QED) is 0.636. The fraction of sp³-hybridized carbons (Fsp3) is 0.444. The first-order valence-electron chi connectivity index (χ1n) is 8.85. The Morgan fingerprint density at radius 3 is 2.50 bits per heavy atom. The Morgan fingerprint density at radius 1 is 1.29 bits per heavy atom. The number of benzene rings is 1. The Hall–Kier alpha value is -3.17. The highest BCUT2D eigenvalue weighted by atomic mass is 19.1. The molecule has 0 radical (unpaired) electrons. The molecule has 0 spiro atoms. The number of nitro groups is 1. The summed E-state index contributed by atoms with van der Waals surface area (Å²) in [7, 11) is 0. The minimum absolute atomic E-state index is 0.260. The molecule has 2 heterocycles. The van der Waals surface area contributed by atoms with Gasteiger partial charge in [0.1, 0.15) is 5.60 Å². The summed E-state index contributed by atoms with van der Waals surface area (Å²) in [4.78, 5) is 26.1. The van der Waals surface area contributed by atoms with Gasteiger partial charge in [-0.15, -0.1) is 0 Å². The van der Waals surface area contributed by atoms with E-state index in [-0.39, 0.29) is 11.4 Å². The van der Waals surface area contributed by atoms with Gasteiger partial charge in [-0.05, 0) is 20.8 Å². The lowest BCUT2D eigenvalue weighted by molar-refractivity contribution is -0.385. The molecule has 1 aliphatic heterocycles. The molecule has 0 aliphatic carbocycles. The number of nitrogens with zero attached hydrogens (tertiary/aromatic N) is 4. The number of anilines is 1. The zero-order valence-corrected chi connectivity index (χ0v) is 15.9. The van der Waals surface area contributed by atoms with Crippen LogP contribution in [0.4, 0.5) is 20.6 Å².